The van der Waals surface area contributed by atoms with Crippen molar-refractivity contribution in [2.75, 3.05) is 0 Å². The Bertz CT molecular complexity index is 684. The van der Waals surface area contributed by atoms with Gasteiger partial charge in [-0.15, -0.1) is 0 Å². The van der Waals surface area contributed by atoms with Crippen molar-refractivity contribution < 1.29 is 19.4 Å². The fourth-order valence-corrected chi connectivity index (χ4v) is 2.04. The molecule has 0 amide bonds. The summed E-state index contributed by atoms with van der Waals surface area (Å²) in [6.07, 6.45) is 0.786. The van der Waals surface area contributed by atoms with Crippen LogP contribution >= 0.6 is 0 Å². The lowest BCUT2D eigenvalue weighted by atomic mass is 10.0. The summed E-state index contributed by atoms with van der Waals surface area (Å²) in [7, 11) is 0. The molecular weight excluding hydrogens is 248 g/mol. The van der Waals surface area contributed by atoms with Crippen LogP contribution in [0.4, 0.5) is 0 Å². The van der Waals surface area contributed by atoms with E-state index in [0.29, 0.717) is 35.1 Å². The number of rotatable bonds is 4. The van der Waals surface area contributed by atoms with Crippen LogP contribution in [0.5, 0.6) is 5.75 Å². The molecule has 1 heterocycles. The van der Waals surface area contributed by atoms with Gasteiger partial charge in [-0.2, -0.15) is 0 Å². The molecule has 0 bridgehead atoms. The lowest BCUT2D eigenvalue weighted by Crippen LogP contribution is -2.12. The number of carbonyl (C=O) groups is 1. The number of phenols is 1. The minimum Gasteiger partial charge on any atom is -0.508 e. The summed E-state index contributed by atoms with van der Waals surface area (Å²) >= 11 is 0. The number of hydrogen-bond donors (Lipinski definition) is 2. The van der Waals surface area contributed by atoms with Gasteiger partial charge in [0.05, 0.1) is 5.39 Å². The molecule has 0 aliphatic rings. The predicted molar refractivity (Wildman–Crippen MR) is 69.5 cm³/mol. The van der Waals surface area contributed by atoms with Crippen molar-refractivity contribution in [2.45, 2.75) is 26.2 Å². The summed E-state index contributed by atoms with van der Waals surface area (Å²) in [5.41, 5.74) is 0.674. The zero-order chi connectivity index (χ0) is 14.0. The van der Waals surface area contributed by atoms with Gasteiger partial charge in [-0.25, -0.2) is 0 Å². The van der Waals surface area contributed by atoms with Gasteiger partial charge >= 0.3 is 5.97 Å². The number of hydrogen-bond acceptors (Lipinski definition) is 4. The molecule has 2 rings (SSSR count). The smallest absolute Gasteiger partial charge is 0.303 e. The molecule has 0 saturated carbocycles. The molecule has 5 heteroatoms. The number of carboxylic acids is 1. The Morgan fingerprint density at radius 2 is 2.11 bits per heavy atom. The molecule has 0 atom stereocenters. The van der Waals surface area contributed by atoms with E-state index in [4.69, 9.17) is 9.52 Å². The van der Waals surface area contributed by atoms with Gasteiger partial charge < -0.3 is 14.6 Å². The van der Waals surface area contributed by atoms with Crippen LogP contribution in [-0.2, 0) is 11.2 Å². The monoisotopic (exact) mass is 262 g/mol. The van der Waals surface area contributed by atoms with Gasteiger partial charge in [0.25, 0.3) is 0 Å². The largest absolute Gasteiger partial charge is 0.508 e. The van der Waals surface area contributed by atoms with Crippen molar-refractivity contribution >= 4 is 16.9 Å². The van der Waals surface area contributed by atoms with Gasteiger partial charge in [0, 0.05) is 18.1 Å². The van der Waals surface area contributed by atoms with Gasteiger partial charge in [0.1, 0.15) is 17.1 Å². The fraction of sp³-hybridized carbons (Fsp3) is 0.286. The second-order valence-corrected chi connectivity index (χ2v) is 4.39. The second-order valence-electron chi connectivity index (χ2n) is 4.39. The summed E-state index contributed by atoms with van der Waals surface area (Å²) in [5.74, 6) is -0.380. The predicted octanol–water partition coefficient (Wildman–Crippen LogP) is 2.21. The number of phenolic OH excluding ortho intramolecular Hbond substituents is 1. The molecule has 2 N–H and O–H groups in total. The van der Waals surface area contributed by atoms with E-state index >= 15 is 0 Å². The van der Waals surface area contributed by atoms with Crippen molar-refractivity contribution in [1.29, 1.82) is 0 Å². The number of fused-ring (bicyclic) bond motifs is 1. The van der Waals surface area contributed by atoms with Gasteiger partial charge in [0.2, 0.25) is 0 Å². The van der Waals surface area contributed by atoms with Crippen LogP contribution in [0.1, 0.15) is 24.2 Å². The fourth-order valence-electron chi connectivity index (χ4n) is 2.04. The zero-order valence-corrected chi connectivity index (χ0v) is 10.5. The van der Waals surface area contributed by atoms with E-state index in [1.165, 1.54) is 18.2 Å². The molecule has 0 aliphatic heterocycles. The Morgan fingerprint density at radius 3 is 2.79 bits per heavy atom. The topological polar surface area (TPSA) is 87.7 Å². The Balaban J connectivity index is 2.42. The van der Waals surface area contributed by atoms with E-state index in [2.05, 4.69) is 0 Å². The highest BCUT2D eigenvalue weighted by molar-refractivity contribution is 5.78. The Hall–Kier alpha value is -2.30. The van der Waals surface area contributed by atoms with Crippen molar-refractivity contribution in [1.82, 2.24) is 0 Å². The van der Waals surface area contributed by atoms with Crippen molar-refractivity contribution in [3.8, 4) is 5.75 Å². The van der Waals surface area contributed by atoms with E-state index in [1.54, 1.807) is 6.92 Å². The maximum Gasteiger partial charge on any atom is 0.303 e. The molecule has 2 aromatic rings. The highest BCUT2D eigenvalue weighted by Crippen LogP contribution is 2.20. The Labute approximate surface area is 109 Å². The highest BCUT2D eigenvalue weighted by atomic mass is 16.4. The van der Waals surface area contributed by atoms with E-state index in [1.807, 2.05) is 0 Å². The van der Waals surface area contributed by atoms with Crippen LogP contribution in [0.3, 0.4) is 0 Å². The van der Waals surface area contributed by atoms with E-state index < -0.39 is 5.97 Å². The van der Waals surface area contributed by atoms with Crippen molar-refractivity contribution in [3.63, 3.8) is 0 Å². The number of aromatic hydroxyl groups is 1. The van der Waals surface area contributed by atoms with Crippen LogP contribution in [0, 0.1) is 6.92 Å². The minimum absolute atomic E-state index is 0.0203. The maximum absolute atomic E-state index is 12.2. The quantitative estimate of drug-likeness (QED) is 0.882. The third-order valence-corrected chi connectivity index (χ3v) is 2.99. The van der Waals surface area contributed by atoms with Crippen LogP contribution in [0.15, 0.2) is 27.4 Å². The van der Waals surface area contributed by atoms with Gasteiger partial charge in [-0.05, 0) is 31.9 Å². The summed E-state index contributed by atoms with van der Waals surface area (Å²) in [6, 6.07) is 4.33. The van der Waals surface area contributed by atoms with E-state index in [0.717, 1.165) is 0 Å². The number of aliphatic carboxylic acids is 1. The third kappa shape index (κ3) is 2.76. The van der Waals surface area contributed by atoms with E-state index in [9.17, 15) is 14.7 Å². The van der Waals surface area contributed by atoms with Crippen LogP contribution in [0.2, 0.25) is 0 Å². The molecule has 19 heavy (non-hydrogen) atoms. The molecule has 1 aromatic heterocycles. The van der Waals surface area contributed by atoms with Gasteiger partial charge in [0.15, 0.2) is 5.43 Å². The van der Waals surface area contributed by atoms with Gasteiger partial charge in [-0.3, -0.25) is 9.59 Å². The molecular formula is C14H14O5. The number of carboxylic acid groups (broad SMARTS) is 1. The van der Waals surface area contributed by atoms with Crippen LogP contribution in [0.25, 0.3) is 11.0 Å². The first-order valence-electron chi connectivity index (χ1n) is 5.96. The number of benzene rings is 1. The van der Waals surface area contributed by atoms with Crippen LogP contribution < -0.4 is 5.43 Å². The Morgan fingerprint density at radius 1 is 1.37 bits per heavy atom. The van der Waals surface area contributed by atoms with Crippen molar-refractivity contribution in [2.24, 2.45) is 0 Å². The summed E-state index contributed by atoms with van der Waals surface area (Å²) in [5, 5.41) is 18.4. The average Bonchev–Trinajstić information content (AvgIpc) is 2.32. The second kappa shape index (κ2) is 5.14. The maximum atomic E-state index is 12.2. The lowest BCUT2D eigenvalue weighted by molar-refractivity contribution is -0.137. The SMILES string of the molecule is Cc1oc2cc(O)ccc2c(=O)c1CCCC(=O)O. The highest BCUT2D eigenvalue weighted by Gasteiger charge is 2.12. The first-order chi connectivity index (χ1) is 8.99. The summed E-state index contributed by atoms with van der Waals surface area (Å²) < 4.78 is 5.50. The molecule has 0 radical (unpaired) electrons. The summed E-state index contributed by atoms with van der Waals surface area (Å²) in [4.78, 5) is 22.7. The first kappa shape index (κ1) is 13.1. The molecule has 0 fully saturated rings. The molecule has 0 spiro atoms. The average molecular weight is 262 g/mol. The zero-order valence-electron chi connectivity index (χ0n) is 10.5. The lowest BCUT2D eigenvalue weighted by Gasteiger charge is -2.06. The molecule has 100 valence electrons. The standard InChI is InChI=1S/C14H14O5/c1-8-10(3-2-4-13(16)17)14(18)11-6-5-9(15)7-12(11)19-8/h5-7,15H,2-4H2,1H3,(H,16,17). The molecule has 0 aliphatic carbocycles. The first-order valence-corrected chi connectivity index (χ1v) is 5.96. The summed E-state index contributed by atoms with van der Waals surface area (Å²) in [6.45, 7) is 1.67. The van der Waals surface area contributed by atoms with Crippen molar-refractivity contribution in [3.05, 3.63) is 39.7 Å². The Kier molecular flexibility index (Phi) is 3.55. The number of aryl methyl sites for hydroxylation is 1. The molecule has 5 nitrogen and oxygen atoms in total. The normalized spacial score (nSPS) is 10.8. The third-order valence-electron chi connectivity index (χ3n) is 2.99. The van der Waals surface area contributed by atoms with Gasteiger partial charge in [-0.1, -0.05) is 0 Å². The molecule has 1 aromatic carbocycles. The molecule has 0 unspecified atom stereocenters. The molecule has 0 saturated heterocycles. The van der Waals surface area contributed by atoms with Crippen LogP contribution in [-0.4, -0.2) is 16.2 Å². The van der Waals surface area contributed by atoms with E-state index in [-0.39, 0.29) is 17.6 Å². The minimum atomic E-state index is -0.882.